The normalized spacial score (nSPS) is 10.7. The molecule has 2 nitrogen and oxygen atoms in total. The number of thiocarbonyl (C=S) groups is 1. The topological polar surface area (TPSA) is 18.5 Å². The minimum absolute atomic E-state index is 0.298. The van der Waals surface area contributed by atoms with Crippen molar-refractivity contribution in [2.24, 2.45) is 11.8 Å². The van der Waals surface area contributed by atoms with Crippen molar-refractivity contribution >= 4 is 17.5 Å². The van der Waals surface area contributed by atoms with E-state index in [1.165, 1.54) is 0 Å². The number of ether oxygens (including phenoxy) is 2. The molecule has 0 saturated carbocycles. The lowest BCUT2D eigenvalue weighted by atomic mass is 10.1. The van der Waals surface area contributed by atoms with Crippen LogP contribution in [0.1, 0.15) is 40.5 Å². The standard InChI is InChI=1S/C11H22O2S/c1-9(2)5-7-12-11(14)13-8-6-10(3)4/h9-10H,5-8H2,1-4H3. The Labute approximate surface area is 93.0 Å². The van der Waals surface area contributed by atoms with Crippen LogP contribution in [0.5, 0.6) is 0 Å². The maximum absolute atomic E-state index is 5.24. The van der Waals surface area contributed by atoms with Gasteiger partial charge in [0.25, 0.3) is 0 Å². The third kappa shape index (κ3) is 9.78. The zero-order chi connectivity index (χ0) is 11.0. The molecule has 84 valence electrons. The van der Waals surface area contributed by atoms with Crippen molar-refractivity contribution in [3.63, 3.8) is 0 Å². The number of hydrogen-bond acceptors (Lipinski definition) is 3. The molecule has 0 atom stereocenters. The first-order valence-corrected chi connectivity index (χ1v) is 5.72. The SMILES string of the molecule is CC(C)CCOC(=S)OCCC(C)C. The highest BCUT2D eigenvalue weighted by atomic mass is 32.1. The molecule has 0 aliphatic carbocycles. The van der Waals surface area contributed by atoms with E-state index in [1.54, 1.807) is 0 Å². The van der Waals surface area contributed by atoms with E-state index in [4.69, 9.17) is 21.7 Å². The molecule has 0 heterocycles. The summed E-state index contributed by atoms with van der Waals surface area (Å²) >= 11 is 4.91. The van der Waals surface area contributed by atoms with Crippen molar-refractivity contribution in [1.29, 1.82) is 0 Å². The van der Waals surface area contributed by atoms with Gasteiger partial charge in [-0.25, -0.2) is 0 Å². The molecule has 0 saturated heterocycles. The van der Waals surface area contributed by atoms with Crippen molar-refractivity contribution < 1.29 is 9.47 Å². The lowest BCUT2D eigenvalue weighted by Crippen LogP contribution is -2.11. The summed E-state index contributed by atoms with van der Waals surface area (Å²) in [4.78, 5) is 0. The monoisotopic (exact) mass is 218 g/mol. The number of rotatable bonds is 6. The summed E-state index contributed by atoms with van der Waals surface area (Å²) in [7, 11) is 0. The molecular weight excluding hydrogens is 196 g/mol. The molecule has 0 amide bonds. The summed E-state index contributed by atoms with van der Waals surface area (Å²) < 4.78 is 10.5. The van der Waals surface area contributed by atoms with Crippen LogP contribution in [-0.2, 0) is 9.47 Å². The van der Waals surface area contributed by atoms with E-state index in [0.717, 1.165) is 12.8 Å². The summed E-state index contributed by atoms with van der Waals surface area (Å²) in [6.07, 6.45) is 2.04. The van der Waals surface area contributed by atoms with Crippen LogP contribution < -0.4 is 0 Å². The molecule has 14 heavy (non-hydrogen) atoms. The zero-order valence-electron chi connectivity index (χ0n) is 9.71. The predicted molar refractivity (Wildman–Crippen MR) is 63.4 cm³/mol. The Morgan fingerprint density at radius 3 is 1.57 bits per heavy atom. The molecule has 0 aromatic heterocycles. The predicted octanol–water partition coefficient (Wildman–Crippen LogP) is 3.40. The van der Waals surface area contributed by atoms with Gasteiger partial charge in [-0.15, -0.1) is 0 Å². The Morgan fingerprint density at radius 1 is 0.929 bits per heavy atom. The van der Waals surface area contributed by atoms with Gasteiger partial charge in [-0.2, -0.15) is 0 Å². The molecule has 0 aliphatic rings. The molecule has 0 fully saturated rings. The molecule has 3 heteroatoms. The van der Waals surface area contributed by atoms with Gasteiger partial charge in [-0.05, 0) is 24.7 Å². The summed E-state index contributed by atoms with van der Waals surface area (Å²) in [6, 6.07) is 0. The average molecular weight is 218 g/mol. The minimum atomic E-state index is 0.298. The highest BCUT2D eigenvalue weighted by molar-refractivity contribution is 7.79. The summed E-state index contributed by atoms with van der Waals surface area (Å²) in [5.74, 6) is 1.29. The van der Waals surface area contributed by atoms with Crippen molar-refractivity contribution in [2.45, 2.75) is 40.5 Å². The average Bonchev–Trinajstić information content (AvgIpc) is 2.02. The van der Waals surface area contributed by atoms with Crippen LogP contribution in [-0.4, -0.2) is 18.5 Å². The molecule has 0 rings (SSSR count). The second-order valence-electron chi connectivity index (χ2n) is 4.31. The van der Waals surface area contributed by atoms with Crippen molar-refractivity contribution in [2.75, 3.05) is 13.2 Å². The zero-order valence-corrected chi connectivity index (χ0v) is 10.5. The maximum atomic E-state index is 5.24. The second-order valence-corrected chi connectivity index (χ2v) is 4.65. The van der Waals surface area contributed by atoms with Gasteiger partial charge in [-0.1, -0.05) is 27.7 Å². The van der Waals surface area contributed by atoms with Crippen molar-refractivity contribution in [3.05, 3.63) is 0 Å². The smallest absolute Gasteiger partial charge is 0.352 e. The first-order chi connectivity index (χ1) is 6.52. The minimum Gasteiger partial charge on any atom is -0.457 e. The quantitative estimate of drug-likeness (QED) is 0.637. The third-order valence-corrected chi connectivity index (χ3v) is 2.07. The van der Waals surface area contributed by atoms with Crippen LogP contribution in [0.4, 0.5) is 0 Å². The van der Waals surface area contributed by atoms with E-state index >= 15 is 0 Å². The third-order valence-electron chi connectivity index (χ3n) is 1.83. The molecule has 0 aliphatic heterocycles. The van der Waals surface area contributed by atoms with Gasteiger partial charge in [0.1, 0.15) is 0 Å². The molecule has 0 radical (unpaired) electrons. The number of hydrogen-bond donors (Lipinski definition) is 0. The Kier molecular flexibility index (Phi) is 7.86. The van der Waals surface area contributed by atoms with E-state index < -0.39 is 0 Å². The van der Waals surface area contributed by atoms with E-state index in [0.29, 0.717) is 30.3 Å². The molecular formula is C11H22O2S. The van der Waals surface area contributed by atoms with Crippen LogP contribution >= 0.6 is 12.2 Å². The van der Waals surface area contributed by atoms with Gasteiger partial charge in [0.2, 0.25) is 0 Å². The van der Waals surface area contributed by atoms with Crippen LogP contribution in [0.15, 0.2) is 0 Å². The highest BCUT2D eigenvalue weighted by Crippen LogP contribution is 2.02. The largest absolute Gasteiger partial charge is 0.457 e. The highest BCUT2D eigenvalue weighted by Gasteiger charge is 2.01. The summed E-state index contributed by atoms with van der Waals surface area (Å²) in [5.41, 5.74) is 0. The van der Waals surface area contributed by atoms with E-state index in [-0.39, 0.29) is 0 Å². The second kappa shape index (κ2) is 8.04. The molecule has 0 N–H and O–H groups in total. The van der Waals surface area contributed by atoms with Crippen molar-refractivity contribution in [1.82, 2.24) is 0 Å². The molecule has 0 aromatic rings. The molecule has 0 aromatic carbocycles. The van der Waals surface area contributed by atoms with E-state index in [9.17, 15) is 0 Å². The Hall–Kier alpha value is -0.310. The summed E-state index contributed by atoms with van der Waals surface area (Å²) in [5, 5.41) is 0.298. The van der Waals surface area contributed by atoms with Gasteiger partial charge in [0.05, 0.1) is 13.2 Å². The lowest BCUT2D eigenvalue weighted by Gasteiger charge is -2.10. The van der Waals surface area contributed by atoms with Gasteiger partial charge in [0.15, 0.2) is 0 Å². The van der Waals surface area contributed by atoms with Gasteiger partial charge in [0, 0.05) is 12.2 Å². The fourth-order valence-corrected chi connectivity index (χ4v) is 0.964. The Balaban J connectivity index is 3.28. The van der Waals surface area contributed by atoms with E-state index in [2.05, 4.69) is 27.7 Å². The lowest BCUT2D eigenvalue weighted by molar-refractivity contribution is 0.163. The fraction of sp³-hybridized carbons (Fsp3) is 0.909. The van der Waals surface area contributed by atoms with Crippen LogP contribution in [0.25, 0.3) is 0 Å². The maximum Gasteiger partial charge on any atom is 0.352 e. The first kappa shape index (κ1) is 13.7. The first-order valence-electron chi connectivity index (χ1n) is 5.32. The van der Waals surface area contributed by atoms with Gasteiger partial charge < -0.3 is 9.47 Å². The fourth-order valence-electron chi connectivity index (χ4n) is 0.798. The molecule has 0 bridgehead atoms. The van der Waals surface area contributed by atoms with E-state index in [1.807, 2.05) is 0 Å². The van der Waals surface area contributed by atoms with Gasteiger partial charge in [-0.3, -0.25) is 0 Å². The Morgan fingerprint density at radius 2 is 1.29 bits per heavy atom. The Bertz CT molecular complexity index is 139. The van der Waals surface area contributed by atoms with Crippen LogP contribution in [0.3, 0.4) is 0 Å². The van der Waals surface area contributed by atoms with Crippen LogP contribution in [0.2, 0.25) is 0 Å². The van der Waals surface area contributed by atoms with Gasteiger partial charge >= 0.3 is 5.24 Å². The van der Waals surface area contributed by atoms with Crippen LogP contribution in [0, 0.1) is 11.8 Å². The molecule has 0 spiro atoms. The summed E-state index contributed by atoms with van der Waals surface area (Å²) in [6.45, 7) is 9.96. The van der Waals surface area contributed by atoms with Crippen molar-refractivity contribution in [3.8, 4) is 0 Å². The molecule has 0 unspecified atom stereocenters.